The molecule has 1 aliphatic heterocycles. The van der Waals surface area contributed by atoms with E-state index in [1.54, 1.807) is 31.3 Å². The summed E-state index contributed by atoms with van der Waals surface area (Å²) in [5.74, 6) is -0.176. The summed E-state index contributed by atoms with van der Waals surface area (Å²) in [7, 11) is 3.15. The zero-order valence-corrected chi connectivity index (χ0v) is 17.6. The van der Waals surface area contributed by atoms with Crippen molar-refractivity contribution in [1.82, 2.24) is 10.2 Å². The van der Waals surface area contributed by atoms with Crippen LogP contribution in [0.15, 0.2) is 42.5 Å². The molecule has 0 radical (unpaired) electrons. The molecule has 0 saturated carbocycles. The molecule has 0 aliphatic carbocycles. The van der Waals surface area contributed by atoms with Crippen molar-refractivity contribution in [2.75, 3.05) is 27.3 Å². The van der Waals surface area contributed by atoms with Crippen molar-refractivity contribution in [3.63, 3.8) is 0 Å². The van der Waals surface area contributed by atoms with Crippen LogP contribution in [0.5, 0.6) is 11.5 Å². The van der Waals surface area contributed by atoms with E-state index in [1.807, 2.05) is 19.9 Å². The lowest BCUT2D eigenvalue weighted by Crippen LogP contribution is -2.39. The first kappa shape index (κ1) is 21.6. The Kier molecular flexibility index (Phi) is 6.59. The maximum absolute atomic E-state index is 13.3. The lowest BCUT2D eigenvalue weighted by atomic mass is 9.87. The molecule has 1 saturated heterocycles. The van der Waals surface area contributed by atoms with E-state index >= 15 is 0 Å². The molecule has 1 fully saturated rings. The number of nitrogens with one attached hydrogen (secondary N) is 1. The van der Waals surface area contributed by atoms with Crippen LogP contribution < -0.4 is 14.8 Å². The van der Waals surface area contributed by atoms with Crippen LogP contribution in [-0.4, -0.2) is 50.1 Å². The number of ether oxygens (including phenoxy) is 2. The smallest absolute Gasteiger partial charge is 0.253 e. The third kappa shape index (κ3) is 4.56. The number of benzene rings is 2. The van der Waals surface area contributed by atoms with Crippen LogP contribution in [-0.2, 0) is 4.79 Å². The Morgan fingerprint density at radius 2 is 1.77 bits per heavy atom. The fourth-order valence-corrected chi connectivity index (χ4v) is 3.85. The molecule has 3 rings (SSSR count). The number of carbonyl (C=O) groups excluding carboxylic acids is 2. The van der Waals surface area contributed by atoms with Gasteiger partial charge in [-0.15, -0.1) is 0 Å². The second-order valence-electron chi connectivity index (χ2n) is 7.70. The van der Waals surface area contributed by atoms with Crippen molar-refractivity contribution in [3.05, 3.63) is 59.4 Å². The second-order valence-corrected chi connectivity index (χ2v) is 7.70. The Morgan fingerprint density at radius 1 is 1.07 bits per heavy atom. The van der Waals surface area contributed by atoms with Crippen LogP contribution in [0.1, 0.15) is 35.7 Å². The van der Waals surface area contributed by atoms with Gasteiger partial charge in [-0.1, -0.05) is 0 Å². The topological polar surface area (TPSA) is 67.9 Å². The van der Waals surface area contributed by atoms with E-state index in [-0.39, 0.29) is 30.3 Å². The maximum atomic E-state index is 13.3. The van der Waals surface area contributed by atoms with Crippen LogP contribution in [0.2, 0.25) is 0 Å². The number of halogens is 1. The Balaban J connectivity index is 1.96. The molecule has 30 heavy (non-hydrogen) atoms. The van der Waals surface area contributed by atoms with Gasteiger partial charge in [0.25, 0.3) is 5.91 Å². The Morgan fingerprint density at radius 3 is 2.37 bits per heavy atom. The van der Waals surface area contributed by atoms with E-state index in [9.17, 15) is 14.0 Å². The zero-order chi connectivity index (χ0) is 21.8. The summed E-state index contributed by atoms with van der Waals surface area (Å²) in [5.41, 5.74) is 1.20. The van der Waals surface area contributed by atoms with E-state index in [1.165, 1.54) is 24.3 Å². The molecule has 1 N–H and O–H groups in total. The summed E-state index contributed by atoms with van der Waals surface area (Å²) in [5, 5.41) is 2.96. The van der Waals surface area contributed by atoms with Crippen LogP contribution >= 0.6 is 0 Å². The highest BCUT2D eigenvalue weighted by Crippen LogP contribution is 2.40. The molecule has 0 bridgehead atoms. The molecule has 0 aromatic heterocycles. The number of methoxy groups -OCH3 is 2. The molecule has 2 amide bonds. The first-order chi connectivity index (χ1) is 14.3. The summed E-state index contributed by atoms with van der Waals surface area (Å²) in [6, 6.07) is 10.9. The second kappa shape index (κ2) is 9.15. The molecule has 7 heteroatoms. The van der Waals surface area contributed by atoms with Gasteiger partial charge in [0, 0.05) is 36.2 Å². The van der Waals surface area contributed by atoms with Crippen molar-refractivity contribution < 1.29 is 23.5 Å². The third-order valence-corrected chi connectivity index (χ3v) is 5.30. The Hall–Kier alpha value is -3.09. The van der Waals surface area contributed by atoms with Crippen molar-refractivity contribution in [1.29, 1.82) is 0 Å². The lowest BCUT2D eigenvalue weighted by molar-refractivity contribution is -0.125. The van der Waals surface area contributed by atoms with E-state index < -0.39 is 11.7 Å². The maximum Gasteiger partial charge on any atom is 0.253 e. The van der Waals surface area contributed by atoms with E-state index in [2.05, 4.69) is 5.32 Å². The number of rotatable bonds is 6. The average Bonchev–Trinajstić information content (AvgIpc) is 3.18. The van der Waals surface area contributed by atoms with Gasteiger partial charge in [-0.25, -0.2) is 4.39 Å². The fraction of sp³-hybridized carbons (Fsp3) is 0.391. The highest BCUT2D eigenvalue weighted by atomic mass is 19.1. The largest absolute Gasteiger partial charge is 0.497 e. The standard InChI is InChI=1S/C23H27FN2O4/c1-14(2)25-22(27)20-13-26(23(28)15-5-7-16(24)8-6-15)12-19(20)18-11-17(29-3)9-10-21(18)30-4/h5-11,14,19-20H,12-13H2,1-4H3,(H,25,27). The van der Waals surface area contributed by atoms with Crippen LogP contribution in [0.25, 0.3) is 0 Å². The number of carbonyl (C=O) groups is 2. The van der Waals surface area contributed by atoms with Gasteiger partial charge in [0.2, 0.25) is 5.91 Å². The van der Waals surface area contributed by atoms with Crippen LogP contribution in [0, 0.1) is 11.7 Å². The molecule has 6 nitrogen and oxygen atoms in total. The normalized spacial score (nSPS) is 18.4. The minimum absolute atomic E-state index is 0.0211. The number of nitrogens with zero attached hydrogens (tertiary/aromatic N) is 1. The van der Waals surface area contributed by atoms with E-state index in [0.717, 1.165) is 5.56 Å². The molecular weight excluding hydrogens is 387 g/mol. The van der Waals surface area contributed by atoms with Gasteiger partial charge in [0.05, 0.1) is 20.1 Å². The van der Waals surface area contributed by atoms with Gasteiger partial charge >= 0.3 is 0 Å². The van der Waals surface area contributed by atoms with Crippen LogP contribution in [0.3, 0.4) is 0 Å². The molecule has 1 aliphatic rings. The highest BCUT2D eigenvalue weighted by molar-refractivity contribution is 5.95. The minimum Gasteiger partial charge on any atom is -0.497 e. The molecule has 2 unspecified atom stereocenters. The number of amides is 2. The monoisotopic (exact) mass is 414 g/mol. The first-order valence-corrected chi connectivity index (χ1v) is 9.91. The van der Waals surface area contributed by atoms with Crippen LogP contribution in [0.4, 0.5) is 4.39 Å². The molecule has 1 heterocycles. The Labute approximate surface area is 176 Å². The quantitative estimate of drug-likeness (QED) is 0.788. The van der Waals surface area contributed by atoms with Crippen molar-refractivity contribution >= 4 is 11.8 Å². The van der Waals surface area contributed by atoms with Gasteiger partial charge in [0.1, 0.15) is 17.3 Å². The number of hydrogen-bond acceptors (Lipinski definition) is 4. The molecule has 160 valence electrons. The summed E-state index contributed by atoms with van der Waals surface area (Å²) >= 11 is 0. The van der Waals surface area contributed by atoms with Gasteiger partial charge < -0.3 is 19.7 Å². The molecule has 2 aromatic carbocycles. The van der Waals surface area contributed by atoms with Crippen molar-refractivity contribution in [2.45, 2.75) is 25.8 Å². The molecule has 2 atom stereocenters. The zero-order valence-electron chi connectivity index (χ0n) is 17.6. The summed E-state index contributed by atoms with van der Waals surface area (Å²) < 4.78 is 24.1. The number of hydrogen-bond donors (Lipinski definition) is 1. The van der Waals surface area contributed by atoms with Gasteiger partial charge in [-0.3, -0.25) is 9.59 Å². The molecule has 2 aromatic rings. The summed E-state index contributed by atoms with van der Waals surface area (Å²) in [4.78, 5) is 27.6. The Bertz CT molecular complexity index is 914. The molecule has 0 spiro atoms. The summed E-state index contributed by atoms with van der Waals surface area (Å²) in [6.07, 6.45) is 0. The average molecular weight is 414 g/mol. The SMILES string of the molecule is COc1ccc(OC)c(C2CN(C(=O)c3ccc(F)cc3)CC2C(=O)NC(C)C)c1. The fourth-order valence-electron chi connectivity index (χ4n) is 3.85. The lowest BCUT2D eigenvalue weighted by Gasteiger charge is -2.22. The third-order valence-electron chi connectivity index (χ3n) is 5.30. The van der Waals surface area contributed by atoms with E-state index in [4.69, 9.17) is 9.47 Å². The van der Waals surface area contributed by atoms with E-state index in [0.29, 0.717) is 23.6 Å². The van der Waals surface area contributed by atoms with Gasteiger partial charge in [-0.05, 0) is 56.3 Å². The predicted octanol–water partition coefficient (Wildman–Crippen LogP) is 3.22. The summed E-state index contributed by atoms with van der Waals surface area (Å²) in [6.45, 7) is 4.40. The highest BCUT2D eigenvalue weighted by Gasteiger charge is 2.42. The number of likely N-dealkylation sites (tertiary alicyclic amines) is 1. The van der Waals surface area contributed by atoms with Gasteiger partial charge in [0.15, 0.2) is 0 Å². The predicted molar refractivity (Wildman–Crippen MR) is 111 cm³/mol. The van der Waals surface area contributed by atoms with Crippen molar-refractivity contribution in [2.24, 2.45) is 5.92 Å². The van der Waals surface area contributed by atoms with Gasteiger partial charge in [-0.2, -0.15) is 0 Å². The minimum atomic E-state index is -0.446. The molecular formula is C23H27FN2O4. The first-order valence-electron chi connectivity index (χ1n) is 9.91. The van der Waals surface area contributed by atoms with Crippen molar-refractivity contribution in [3.8, 4) is 11.5 Å².